The fourth-order valence-corrected chi connectivity index (χ4v) is 1.48. The van der Waals surface area contributed by atoms with E-state index in [4.69, 9.17) is 0 Å². The normalized spacial score (nSPS) is 26.0. The number of imide groups is 1. The standard InChI is InChI=1S/C8H14N2O3S/c1-5(14(2)13)4-9-6-3-7(11)10-8(6)12/h5-6,9H,3-4H2,1-2H3,(H,10,11,12). The molecule has 0 saturated carbocycles. The Labute approximate surface area is 85.1 Å². The number of hydrogen-bond acceptors (Lipinski definition) is 4. The lowest BCUT2D eigenvalue weighted by Crippen LogP contribution is -2.40. The highest BCUT2D eigenvalue weighted by Gasteiger charge is 2.30. The fraction of sp³-hybridized carbons (Fsp3) is 0.750. The Bertz CT molecular complexity index is 280. The number of rotatable bonds is 4. The molecule has 0 aliphatic carbocycles. The van der Waals surface area contributed by atoms with Crippen LogP contribution >= 0.6 is 0 Å². The van der Waals surface area contributed by atoms with E-state index in [0.29, 0.717) is 6.54 Å². The maximum absolute atomic E-state index is 11.1. The third-order valence-corrected chi connectivity index (χ3v) is 3.49. The molecule has 14 heavy (non-hydrogen) atoms. The number of carbonyl (C=O) groups is 2. The van der Waals surface area contributed by atoms with E-state index in [1.807, 2.05) is 6.92 Å². The molecule has 3 unspecified atom stereocenters. The third kappa shape index (κ3) is 2.88. The zero-order valence-corrected chi connectivity index (χ0v) is 9.02. The van der Waals surface area contributed by atoms with Gasteiger partial charge < -0.3 is 5.32 Å². The van der Waals surface area contributed by atoms with Gasteiger partial charge in [-0.3, -0.25) is 19.1 Å². The molecule has 3 atom stereocenters. The first-order chi connectivity index (χ1) is 6.50. The predicted molar refractivity (Wildman–Crippen MR) is 53.1 cm³/mol. The van der Waals surface area contributed by atoms with Gasteiger partial charge in [-0.05, 0) is 6.92 Å². The first-order valence-corrected chi connectivity index (χ1v) is 6.02. The van der Waals surface area contributed by atoms with E-state index in [1.165, 1.54) is 0 Å². The Hall–Kier alpha value is -0.750. The van der Waals surface area contributed by atoms with Gasteiger partial charge in [-0.15, -0.1) is 0 Å². The minimum Gasteiger partial charge on any atom is -0.304 e. The molecule has 1 saturated heterocycles. The average Bonchev–Trinajstić information content (AvgIpc) is 2.40. The minimum absolute atomic E-state index is 0.0153. The molecular formula is C8H14N2O3S. The van der Waals surface area contributed by atoms with E-state index in [9.17, 15) is 13.8 Å². The van der Waals surface area contributed by atoms with Crippen LogP contribution in [0.2, 0.25) is 0 Å². The van der Waals surface area contributed by atoms with Crippen molar-refractivity contribution in [2.75, 3.05) is 12.8 Å². The van der Waals surface area contributed by atoms with Gasteiger partial charge in [-0.25, -0.2) is 0 Å². The minimum atomic E-state index is -0.909. The Kier molecular flexibility index (Phi) is 3.77. The van der Waals surface area contributed by atoms with E-state index in [1.54, 1.807) is 6.26 Å². The smallest absolute Gasteiger partial charge is 0.244 e. The maximum Gasteiger partial charge on any atom is 0.244 e. The quantitative estimate of drug-likeness (QED) is 0.579. The summed E-state index contributed by atoms with van der Waals surface area (Å²) in [5.74, 6) is -0.540. The highest BCUT2D eigenvalue weighted by molar-refractivity contribution is 7.84. The van der Waals surface area contributed by atoms with Gasteiger partial charge in [0.2, 0.25) is 11.8 Å². The van der Waals surface area contributed by atoms with E-state index >= 15 is 0 Å². The van der Waals surface area contributed by atoms with Crippen molar-refractivity contribution in [1.82, 2.24) is 10.6 Å². The molecule has 2 N–H and O–H groups in total. The molecule has 1 aliphatic rings. The third-order valence-electron chi connectivity index (χ3n) is 2.19. The molecule has 1 fully saturated rings. The Morgan fingerprint density at radius 3 is 2.71 bits per heavy atom. The van der Waals surface area contributed by atoms with E-state index < -0.39 is 16.8 Å². The molecular weight excluding hydrogens is 204 g/mol. The lowest BCUT2D eigenvalue weighted by molar-refractivity contribution is -0.125. The van der Waals surface area contributed by atoms with E-state index in [-0.39, 0.29) is 23.5 Å². The van der Waals surface area contributed by atoms with Crippen molar-refractivity contribution < 1.29 is 13.8 Å². The molecule has 0 aromatic rings. The fourth-order valence-electron chi connectivity index (χ4n) is 1.14. The van der Waals surface area contributed by atoms with Gasteiger partial charge in [0, 0.05) is 28.9 Å². The summed E-state index contributed by atoms with van der Waals surface area (Å²) in [6.45, 7) is 2.31. The van der Waals surface area contributed by atoms with Crippen LogP contribution in [0.4, 0.5) is 0 Å². The van der Waals surface area contributed by atoms with Crippen LogP contribution in [0.25, 0.3) is 0 Å². The SMILES string of the molecule is CC(CNC1CC(=O)NC1=O)S(C)=O. The van der Waals surface area contributed by atoms with Crippen LogP contribution in [0.15, 0.2) is 0 Å². The van der Waals surface area contributed by atoms with Crippen LogP contribution in [0.1, 0.15) is 13.3 Å². The Morgan fingerprint density at radius 2 is 2.29 bits per heavy atom. The molecule has 1 rings (SSSR count). The number of amides is 2. The van der Waals surface area contributed by atoms with Crippen molar-refractivity contribution >= 4 is 22.6 Å². The molecule has 6 heteroatoms. The molecule has 0 radical (unpaired) electrons. The largest absolute Gasteiger partial charge is 0.304 e. The van der Waals surface area contributed by atoms with Crippen molar-refractivity contribution in [2.45, 2.75) is 24.6 Å². The van der Waals surface area contributed by atoms with Crippen LogP contribution in [0, 0.1) is 0 Å². The van der Waals surface area contributed by atoms with Crippen molar-refractivity contribution in [3.63, 3.8) is 0 Å². The predicted octanol–water partition coefficient (Wildman–Crippen LogP) is -1.24. The first kappa shape index (κ1) is 11.3. The summed E-state index contributed by atoms with van der Waals surface area (Å²) in [7, 11) is -0.909. The molecule has 0 aromatic carbocycles. The first-order valence-electron chi connectivity index (χ1n) is 4.40. The zero-order valence-electron chi connectivity index (χ0n) is 8.20. The monoisotopic (exact) mass is 218 g/mol. The molecule has 0 bridgehead atoms. The molecule has 1 heterocycles. The highest BCUT2D eigenvalue weighted by atomic mass is 32.2. The Morgan fingerprint density at radius 1 is 1.64 bits per heavy atom. The topological polar surface area (TPSA) is 75.3 Å². The molecule has 2 amide bonds. The zero-order chi connectivity index (χ0) is 10.7. The second kappa shape index (κ2) is 4.65. The maximum atomic E-state index is 11.1. The van der Waals surface area contributed by atoms with Crippen LogP contribution in [0.3, 0.4) is 0 Å². The lowest BCUT2D eigenvalue weighted by Gasteiger charge is -2.12. The molecule has 80 valence electrons. The second-order valence-electron chi connectivity index (χ2n) is 3.39. The summed E-state index contributed by atoms with van der Waals surface area (Å²) in [5.41, 5.74) is 0. The van der Waals surface area contributed by atoms with Crippen LogP contribution in [0.5, 0.6) is 0 Å². The number of nitrogens with one attached hydrogen (secondary N) is 2. The van der Waals surface area contributed by atoms with Gasteiger partial charge in [0.1, 0.15) is 0 Å². The molecule has 0 aromatic heterocycles. The van der Waals surface area contributed by atoms with Gasteiger partial charge in [0.25, 0.3) is 0 Å². The highest BCUT2D eigenvalue weighted by Crippen LogP contribution is 2.01. The van der Waals surface area contributed by atoms with Crippen LogP contribution < -0.4 is 10.6 Å². The number of hydrogen-bond donors (Lipinski definition) is 2. The van der Waals surface area contributed by atoms with Crippen LogP contribution in [-0.2, 0) is 20.4 Å². The van der Waals surface area contributed by atoms with Gasteiger partial charge in [0.05, 0.1) is 12.5 Å². The summed E-state index contributed by atoms with van der Waals surface area (Å²) in [5, 5.41) is 5.11. The molecule has 5 nitrogen and oxygen atoms in total. The van der Waals surface area contributed by atoms with Crippen molar-refractivity contribution in [3.8, 4) is 0 Å². The van der Waals surface area contributed by atoms with Gasteiger partial charge in [-0.1, -0.05) is 0 Å². The summed E-state index contributed by atoms with van der Waals surface area (Å²) < 4.78 is 11.0. The summed E-state index contributed by atoms with van der Waals surface area (Å²) in [4.78, 5) is 21.9. The van der Waals surface area contributed by atoms with Gasteiger partial charge in [-0.2, -0.15) is 0 Å². The second-order valence-corrected chi connectivity index (χ2v) is 5.19. The lowest BCUT2D eigenvalue weighted by atomic mass is 10.2. The van der Waals surface area contributed by atoms with E-state index in [2.05, 4.69) is 10.6 Å². The summed E-state index contributed by atoms with van der Waals surface area (Å²) in [6.07, 6.45) is 1.80. The Balaban J connectivity index is 2.35. The van der Waals surface area contributed by atoms with Crippen molar-refractivity contribution in [3.05, 3.63) is 0 Å². The van der Waals surface area contributed by atoms with Gasteiger partial charge in [0.15, 0.2) is 0 Å². The summed E-state index contributed by atoms with van der Waals surface area (Å²) >= 11 is 0. The van der Waals surface area contributed by atoms with E-state index in [0.717, 1.165) is 0 Å². The van der Waals surface area contributed by atoms with Crippen molar-refractivity contribution in [1.29, 1.82) is 0 Å². The molecule has 0 spiro atoms. The van der Waals surface area contributed by atoms with Crippen LogP contribution in [-0.4, -0.2) is 40.1 Å². The average molecular weight is 218 g/mol. The summed E-state index contributed by atoms with van der Waals surface area (Å²) in [6, 6.07) is -0.450. The molecule has 1 aliphatic heterocycles. The van der Waals surface area contributed by atoms with Crippen molar-refractivity contribution in [2.24, 2.45) is 0 Å². The van der Waals surface area contributed by atoms with Gasteiger partial charge >= 0.3 is 0 Å². The number of carbonyl (C=O) groups excluding carboxylic acids is 2.